The van der Waals surface area contributed by atoms with Crippen LogP contribution in [0.15, 0.2) is 24.3 Å². The Labute approximate surface area is 110 Å². The lowest BCUT2D eigenvalue weighted by atomic mass is 10.1. The van der Waals surface area contributed by atoms with Crippen molar-refractivity contribution in [1.29, 1.82) is 0 Å². The van der Waals surface area contributed by atoms with Crippen LogP contribution >= 0.6 is 0 Å². The van der Waals surface area contributed by atoms with Crippen LogP contribution in [0.5, 0.6) is 5.75 Å². The average Bonchev–Trinajstić information content (AvgIpc) is 3.28. The van der Waals surface area contributed by atoms with Gasteiger partial charge < -0.3 is 10.1 Å². The third kappa shape index (κ3) is 2.80. The van der Waals surface area contributed by atoms with Gasteiger partial charge in [-0.25, -0.2) is 0 Å². The number of benzene rings is 1. The summed E-state index contributed by atoms with van der Waals surface area (Å²) in [5, 5.41) is 3.76. The Morgan fingerprint density at radius 1 is 1.17 bits per heavy atom. The number of hydrogen-bond donors (Lipinski definition) is 1. The van der Waals surface area contributed by atoms with Crippen LogP contribution < -0.4 is 10.1 Å². The quantitative estimate of drug-likeness (QED) is 0.781. The molecular weight excluding hydrogens is 222 g/mol. The van der Waals surface area contributed by atoms with Crippen molar-refractivity contribution in [2.24, 2.45) is 11.8 Å². The largest absolute Gasteiger partial charge is 0.491 e. The zero-order valence-corrected chi connectivity index (χ0v) is 11.2. The van der Waals surface area contributed by atoms with Gasteiger partial charge in [0.1, 0.15) is 5.75 Å². The minimum absolute atomic E-state index is 0.691. The average molecular weight is 245 g/mol. The number of rotatable bonds is 7. The number of hydrogen-bond acceptors (Lipinski definition) is 2. The van der Waals surface area contributed by atoms with Gasteiger partial charge in [0, 0.05) is 6.04 Å². The fraction of sp³-hybridized carbons (Fsp3) is 0.625. The molecule has 0 spiro atoms. The van der Waals surface area contributed by atoms with Crippen LogP contribution in [0.4, 0.5) is 5.69 Å². The van der Waals surface area contributed by atoms with Crippen molar-refractivity contribution in [3.8, 4) is 5.75 Å². The molecule has 18 heavy (non-hydrogen) atoms. The first-order chi connectivity index (χ1) is 8.88. The molecule has 1 N–H and O–H groups in total. The van der Waals surface area contributed by atoms with Gasteiger partial charge in [0.25, 0.3) is 0 Å². The minimum Gasteiger partial charge on any atom is -0.491 e. The van der Waals surface area contributed by atoms with Crippen LogP contribution in [0.25, 0.3) is 0 Å². The first-order valence-electron chi connectivity index (χ1n) is 7.37. The van der Waals surface area contributed by atoms with Gasteiger partial charge >= 0.3 is 0 Å². The lowest BCUT2D eigenvalue weighted by Crippen LogP contribution is -2.24. The second kappa shape index (κ2) is 5.21. The van der Waals surface area contributed by atoms with Gasteiger partial charge in [0.15, 0.2) is 0 Å². The second-order valence-corrected chi connectivity index (χ2v) is 5.69. The van der Waals surface area contributed by atoms with Crippen molar-refractivity contribution < 1.29 is 4.74 Å². The highest BCUT2D eigenvalue weighted by Gasteiger charge is 2.41. The highest BCUT2D eigenvalue weighted by Crippen LogP contribution is 2.46. The van der Waals surface area contributed by atoms with Crippen molar-refractivity contribution in [1.82, 2.24) is 0 Å². The molecule has 3 rings (SSSR count). The van der Waals surface area contributed by atoms with Crippen LogP contribution in [-0.4, -0.2) is 12.6 Å². The Hall–Kier alpha value is -1.18. The lowest BCUT2D eigenvalue weighted by molar-refractivity contribution is 0.318. The number of anilines is 1. The van der Waals surface area contributed by atoms with Gasteiger partial charge in [-0.1, -0.05) is 19.1 Å². The van der Waals surface area contributed by atoms with E-state index < -0.39 is 0 Å². The molecule has 2 aliphatic rings. The van der Waals surface area contributed by atoms with E-state index in [1.165, 1.54) is 31.4 Å². The normalized spacial score (nSPS) is 19.0. The van der Waals surface area contributed by atoms with Crippen molar-refractivity contribution >= 4 is 5.69 Å². The third-order valence-electron chi connectivity index (χ3n) is 3.93. The van der Waals surface area contributed by atoms with E-state index in [-0.39, 0.29) is 0 Å². The summed E-state index contributed by atoms with van der Waals surface area (Å²) in [6.07, 6.45) is 6.69. The minimum atomic E-state index is 0.691. The third-order valence-corrected chi connectivity index (χ3v) is 3.93. The zero-order chi connectivity index (χ0) is 12.4. The summed E-state index contributed by atoms with van der Waals surface area (Å²) in [4.78, 5) is 0. The molecule has 2 fully saturated rings. The Balaban J connectivity index is 1.69. The topological polar surface area (TPSA) is 21.3 Å². The highest BCUT2D eigenvalue weighted by molar-refractivity contribution is 5.57. The van der Waals surface area contributed by atoms with Crippen LogP contribution in [0.1, 0.15) is 39.0 Å². The maximum atomic E-state index is 5.82. The SMILES string of the molecule is CCCOc1ccccc1NC(C1CC1)C1CC1. The lowest BCUT2D eigenvalue weighted by Gasteiger charge is -2.21. The van der Waals surface area contributed by atoms with Crippen molar-refractivity contribution in [2.45, 2.75) is 45.1 Å². The highest BCUT2D eigenvalue weighted by atomic mass is 16.5. The monoisotopic (exact) mass is 245 g/mol. The van der Waals surface area contributed by atoms with Gasteiger partial charge in [-0.15, -0.1) is 0 Å². The molecule has 98 valence electrons. The first-order valence-corrected chi connectivity index (χ1v) is 7.37. The Morgan fingerprint density at radius 3 is 2.44 bits per heavy atom. The Kier molecular flexibility index (Phi) is 3.44. The van der Waals surface area contributed by atoms with E-state index in [4.69, 9.17) is 4.74 Å². The van der Waals surface area contributed by atoms with E-state index in [0.29, 0.717) is 6.04 Å². The molecule has 0 amide bonds. The molecule has 2 heteroatoms. The molecule has 0 atom stereocenters. The van der Waals surface area contributed by atoms with E-state index in [9.17, 15) is 0 Å². The van der Waals surface area contributed by atoms with E-state index >= 15 is 0 Å². The van der Waals surface area contributed by atoms with E-state index in [1.54, 1.807) is 0 Å². The molecule has 0 aromatic heterocycles. The molecule has 1 aromatic rings. The fourth-order valence-electron chi connectivity index (χ4n) is 2.63. The van der Waals surface area contributed by atoms with Gasteiger partial charge in [0.2, 0.25) is 0 Å². The van der Waals surface area contributed by atoms with E-state index in [2.05, 4.69) is 36.5 Å². The fourth-order valence-corrected chi connectivity index (χ4v) is 2.63. The molecule has 2 saturated carbocycles. The predicted molar refractivity (Wildman–Crippen MR) is 75.1 cm³/mol. The molecule has 0 radical (unpaired) electrons. The Bertz CT molecular complexity index is 384. The van der Waals surface area contributed by atoms with E-state index in [1.807, 2.05) is 0 Å². The molecule has 0 saturated heterocycles. The van der Waals surface area contributed by atoms with E-state index in [0.717, 1.165) is 30.6 Å². The number of nitrogens with one attached hydrogen (secondary N) is 1. The number of para-hydroxylation sites is 2. The van der Waals surface area contributed by atoms with Crippen LogP contribution in [0, 0.1) is 11.8 Å². The van der Waals surface area contributed by atoms with Crippen LogP contribution in [0.2, 0.25) is 0 Å². The predicted octanol–water partition coefficient (Wildman–Crippen LogP) is 4.08. The zero-order valence-electron chi connectivity index (χ0n) is 11.2. The summed E-state index contributed by atoms with van der Waals surface area (Å²) in [5.41, 5.74) is 1.19. The maximum absolute atomic E-state index is 5.82. The van der Waals surface area contributed by atoms with Gasteiger partial charge in [-0.3, -0.25) is 0 Å². The molecule has 2 nitrogen and oxygen atoms in total. The Morgan fingerprint density at radius 2 is 1.83 bits per heavy atom. The summed E-state index contributed by atoms with van der Waals surface area (Å²) in [6, 6.07) is 9.08. The molecule has 0 heterocycles. The van der Waals surface area contributed by atoms with Crippen molar-refractivity contribution in [3.63, 3.8) is 0 Å². The molecule has 2 aliphatic carbocycles. The summed E-state index contributed by atoms with van der Waals surface area (Å²) in [7, 11) is 0. The summed E-state index contributed by atoms with van der Waals surface area (Å²) in [5.74, 6) is 2.85. The van der Waals surface area contributed by atoms with Gasteiger partial charge in [-0.05, 0) is 56.1 Å². The van der Waals surface area contributed by atoms with Gasteiger partial charge in [0.05, 0.1) is 12.3 Å². The van der Waals surface area contributed by atoms with Gasteiger partial charge in [-0.2, -0.15) is 0 Å². The molecule has 0 bridgehead atoms. The molecule has 0 aliphatic heterocycles. The molecular formula is C16H23NO. The first kappa shape index (κ1) is 11.9. The summed E-state index contributed by atoms with van der Waals surface area (Å²) >= 11 is 0. The van der Waals surface area contributed by atoms with Crippen LogP contribution in [-0.2, 0) is 0 Å². The second-order valence-electron chi connectivity index (χ2n) is 5.69. The van der Waals surface area contributed by atoms with Crippen molar-refractivity contribution in [3.05, 3.63) is 24.3 Å². The molecule has 1 aromatic carbocycles. The standard InChI is InChI=1S/C16H23NO/c1-2-11-18-15-6-4-3-5-14(15)17-16(12-7-8-12)13-9-10-13/h3-6,12-13,16-17H,2,7-11H2,1H3. The van der Waals surface area contributed by atoms with Crippen LogP contribution in [0.3, 0.4) is 0 Å². The summed E-state index contributed by atoms with van der Waals surface area (Å²) in [6.45, 7) is 2.95. The summed E-state index contributed by atoms with van der Waals surface area (Å²) < 4.78 is 5.82. The smallest absolute Gasteiger partial charge is 0.142 e. The maximum Gasteiger partial charge on any atom is 0.142 e. The molecule has 0 unspecified atom stereocenters. The number of ether oxygens (including phenoxy) is 1. The van der Waals surface area contributed by atoms with Crippen molar-refractivity contribution in [2.75, 3.05) is 11.9 Å².